The maximum atomic E-state index is 12.0. The molecule has 1 saturated heterocycles. The monoisotopic (exact) mass is 251 g/mol. The van der Waals surface area contributed by atoms with Crippen LogP contribution < -0.4 is 0 Å². The van der Waals surface area contributed by atoms with Crippen molar-refractivity contribution in [2.75, 3.05) is 19.3 Å². The van der Waals surface area contributed by atoms with Crippen LogP contribution in [0.3, 0.4) is 0 Å². The highest BCUT2D eigenvalue weighted by molar-refractivity contribution is 7.98. The Labute approximate surface area is 106 Å². The van der Waals surface area contributed by atoms with Gasteiger partial charge >= 0.3 is 0 Å². The molecule has 4 heteroatoms. The number of thioether (sulfide) groups is 1. The number of rotatable bonds is 3. The predicted molar refractivity (Wildman–Crippen MR) is 69.4 cm³/mol. The lowest BCUT2D eigenvalue weighted by molar-refractivity contribution is -0.0826. The molecule has 2 rings (SSSR count). The Hall–Kier alpha value is -1.00. The zero-order valence-electron chi connectivity index (χ0n) is 10.1. The minimum Gasteiger partial charge on any atom is -0.386 e. The minimum absolute atomic E-state index is 0.00998. The van der Waals surface area contributed by atoms with Gasteiger partial charge in [0.05, 0.1) is 18.7 Å². The van der Waals surface area contributed by atoms with Crippen LogP contribution in [0.15, 0.2) is 29.2 Å². The number of likely N-dealkylation sites (tertiary alicyclic amines) is 1. The zero-order valence-corrected chi connectivity index (χ0v) is 11.0. The number of carbonyl (C=O) groups is 1. The highest BCUT2D eigenvalue weighted by Crippen LogP contribution is 2.26. The minimum atomic E-state index is -0.658. The van der Waals surface area contributed by atoms with Crippen LogP contribution in [0.2, 0.25) is 0 Å². The molecule has 3 nitrogen and oxygen atoms in total. The van der Waals surface area contributed by atoms with E-state index in [0.717, 1.165) is 4.90 Å². The summed E-state index contributed by atoms with van der Waals surface area (Å²) in [5, 5.41) is 9.87. The molecule has 17 heavy (non-hydrogen) atoms. The second-order valence-corrected chi connectivity index (χ2v) is 5.35. The van der Waals surface area contributed by atoms with Gasteiger partial charge in [-0.05, 0) is 36.9 Å². The van der Waals surface area contributed by atoms with Gasteiger partial charge in [-0.15, -0.1) is 11.8 Å². The first kappa shape index (κ1) is 12.5. The fourth-order valence-electron chi connectivity index (χ4n) is 1.95. The molecule has 92 valence electrons. The third kappa shape index (κ3) is 2.48. The molecule has 1 aliphatic rings. The molecular formula is C13H17NO2S. The van der Waals surface area contributed by atoms with E-state index in [0.29, 0.717) is 25.1 Å². The van der Waals surface area contributed by atoms with Gasteiger partial charge < -0.3 is 10.0 Å². The Balaban J connectivity index is 2.01. The molecule has 0 unspecified atom stereocenters. The number of β-amino-alcohol motifs (C(OH)–C–C–N with tert-alkyl or cyclic N) is 1. The summed E-state index contributed by atoms with van der Waals surface area (Å²) in [4.78, 5) is 14.9. The Morgan fingerprint density at radius 1 is 1.41 bits per heavy atom. The van der Waals surface area contributed by atoms with Crippen LogP contribution in [0.4, 0.5) is 0 Å². The van der Waals surface area contributed by atoms with E-state index in [1.54, 1.807) is 16.7 Å². The highest BCUT2D eigenvalue weighted by Gasteiger charge is 2.42. The summed E-state index contributed by atoms with van der Waals surface area (Å²) >= 11 is 1.66. The Bertz CT molecular complexity index is 410. The van der Waals surface area contributed by atoms with Gasteiger partial charge in [0.1, 0.15) is 0 Å². The lowest BCUT2D eigenvalue weighted by Gasteiger charge is -2.46. The molecule has 0 spiro atoms. The van der Waals surface area contributed by atoms with E-state index in [1.807, 2.05) is 37.4 Å². The van der Waals surface area contributed by atoms with E-state index < -0.39 is 5.60 Å². The molecule has 1 aromatic carbocycles. The number of hydrogen-bond acceptors (Lipinski definition) is 3. The fourth-order valence-corrected chi connectivity index (χ4v) is 2.36. The molecular weight excluding hydrogens is 234 g/mol. The van der Waals surface area contributed by atoms with Crippen LogP contribution in [0, 0.1) is 0 Å². The third-order valence-corrected chi connectivity index (χ3v) is 4.00. The summed E-state index contributed by atoms with van der Waals surface area (Å²) in [6.45, 7) is 2.84. The van der Waals surface area contributed by atoms with Crippen molar-refractivity contribution in [3.05, 3.63) is 29.8 Å². The largest absolute Gasteiger partial charge is 0.386 e. The normalized spacial score (nSPS) is 17.7. The molecule has 0 atom stereocenters. The molecule has 0 radical (unpaired) electrons. The fraction of sp³-hybridized carbons (Fsp3) is 0.462. The summed E-state index contributed by atoms with van der Waals surface area (Å²) in [6.07, 6.45) is 2.70. The predicted octanol–water partition coefficient (Wildman–Crippen LogP) is 2.01. The molecule has 0 aromatic heterocycles. The summed E-state index contributed by atoms with van der Waals surface area (Å²) in [6, 6.07) is 7.59. The molecule has 1 aliphatic heterocycles. The van der Waals surface area contributed by atoms with Crippen molar-refractivity contribution in [3.8, 4) is 0 Å². The maximum absolute atomic E-state index is 12.0. The molecule has 1 amide bonds. The molecule has 1 aromatic rings. The summed E-state index contributed by atoms with van der Waals surface area (Å²) in [5.74, 6) is 0.00998. The first-order chi connectivity index (χ1) is 8.08. The highest BCUT2D eigenvalue weighted by atomic mass is 32.2. The number of hydrogen-bond donors (Lipinski definition) is 1. The van der Waals surface area contributed by atoms with E-state index in [4.69, 9.17) is 0 Å². The molecule has 0 aliphatic carbocycles. The molecule has 1 heterocycles. The van der Waals surface area contributed by atoms with Crippen molar-refractivity contribution in [3.63, 3.8) is 0 Å². The molecule has 1 fully saturated rings. The summed E-state index contributed by atoms with van der Waals surface area (Å²) in [7, 11) is 0. The van der Waals surface area contributed by atoms with Gasteiger partial charge in [-0.2, -0.15) is 0 Å². The van der Waals surface area contributed by atoms with E-state index >= 15 is 0 Å². The van der Waals surface area contributed by atoms with E-state index in [1.165, 1.54) is 0 Å². The number of benzene rings is 1. The van der Waals surface area contributed by atoms with Crippen LogP contribution in [0.1, 0.15) is 23.7 Å². The third-order valence-electron chi connectivity index (χ3n) is 3.25. The van der Waals surface area contributed by atoms with Crippen molar-refractivity contribution < 1.29 is 9.90 Å². The van der Waals surface area contributed by atoms with Gasteiger partial charge in [0, 0.05) is 10.5 Å². The van der Waals surface area contributed by atoms with E-state index in [9.17, 15) is 9.90 Å². The molecule has 0 bridgehead atoms. The summed E-state index contributed by atoms with van der Waals surface area (Å²) < 4.78 is 0. The van der Waals surface area contributed by atoms with Crippen molar-refractivity contribution in [2.24, 2.45) is 0 Å². The lowest BCUT2D eigenvalue weighted by Crippen LogP contribution is -2.63. The number of nitrogens with zero attached hydrogens (tertiary/aromatic N) is 1. The van der Waals surface area contributed by atoms with Crippen molar-refractivity contribution in [1.29, 1.82) is 0 Å². The molecule has 1 N–H and O–H groups in total. The van der Waals surface area contributed by atoms with Crippen LogP contribution in [-0.2, 0) is 0 Å². The number of carbonyl (C=O) groups excluding carboxylic acids is 1. The maximum Gasteiger partial charge on any atom is 0.254 e. The standard InChI is InChI=1S/C13H17NO2S/c1-3-13(16)8-14(9-13)12(15)10-4-6-11(17-2)7-5-10/h4-7,16H,3,8-9H2,1-2H3. The number of amides is 1. The van der Waals surface area contributed by atoms with E-state index in [-0.39, 0.29) is 5.91 Å². The quantitative estimate of drug-likeness (QED) is 0.835. The smallest absolute Gasteiger partial charge is 0.254 e. The first-order valence-electron chi connectivity index (χ1n) is 5.74. The first-order valence-corrected chi connectivity index (χ1v) is 6.96. The Morgan fingerprint density at radius 3 is 2.47 bits per heavy atom. The Kier molecular flexibility index (Phi) is 3.45. The second-order valence-electron chi connectivity index (χ2n) is 4.47. The van der Waals surface area contributed by atoms with Gasteiger partial charge in [-0.3, -0.25) is 4.79 Å². The van der Waals surface area contributed by atoms with Crippen LogP contribution in [0.25, 0.3) is 0 Å². The van der Waals surface area contributed by atoms with Gasteiger partial charge in [-0.25, -0.2) is 0 Å². The van der Waals surface area contributed by atoms with Crippen LogP contribution in [0.5, 0.6) is 0 Å². The molecule has 0 saturated carbocycles. The topological polar surface area (TPSA) is 40.5 Å². The Morgan fingerprint density at radius 2 is 2.00 bits per heavy atom. The van der Waals surface area contributed by atoms with Gasteiger partial charge in [-0.1, -0.05) is 6.92 Å². The van der Waals surface area contributed by atoms with Crippen molar-refractivity contribution >= 4 is 17.7 Å². The second kappa shape index (κ2) is 4.70. The van der Waals surface area contributed by atoms with Crippen LogP contribution in [-0.4, -0.2) is 40.9 Å². The lowest BCUT2D eigenvalue weighted by atomic mass is 9.91. The SMILES string of the molecule is CCC1(O)CN(C(=O)c2ccc(SC)cc2)C1. The average molecular weight is 251 g/mol. The van der Waals surface area contributed by atoms with Crippen molar-refractivity contribution in [2.45, 2.75) is 23.8 Å². The van der Waals surface area contributed by atoms with Crippen LogP contribution >= 0.6 is 11.8 Å². The van der Waals surface area contributed by atoms with Gasteiger partial charge in [0.2, 0.25) is 0 Å². The van der Waals surface area contributed by atoms with E-state index in [2.05, 4.69) is 0 Å². The zero-order chi connectivity index (χ0) is 12.5. The van der Waals surface area contributed by atoms with Gasteiger partial charge in [0.25, 0.3) is 5.91 Å². The average Bonchev–Trinajstić information content (AvgIpc) is 2.34. The van der Waals surface area contributed by atoms with Crippen molar-refractivity contribution in [1.82, 2.24) is 4.90 Å². The summed E-state index contributed by atoms with van der Waals surface area (Å²) in [5.41, 5.74) is 0.0375. The van der Waals surface area contributed by atoms with Gasteiger partial charge in [0.15, 0.2) is 0 Å². The number of aliphatic hydroxyl groups is 1.